The van der Waals surface area contributed by atoms with Crippen molar-refractivity contribution in [3.8, 4) is 11.8 Å². The van der Waals surface area contributed by atoms with E-state index in [1.54, 1.807) is 7.11 Å². The Kier molecular flexibility index (Phi) is 8.49. The Bertz CT molecular complexity index is 423. The topological polar surface area (TPSA) is 45.0 Å². The van der Waals surface area contributed by atoms with Crippen LogP contribution in [0.25, 0.3) is 0 Å². The zero-order valence-corrected chi connectivity index (χ0v) is 12.7. The van der Waals surface area contributed by atoms with Crippen molar-refractivity contribution in [1.29, 1.82) is 5.26 Å². The zero-order valence-electron chi connectivity index (χ0n) is 12.7. The molecule has 0 aliphatic carbocycles. The third-order valence-corrected chi connectivity index (χ3v) is 3.42. The minimum absolute atomic E-state index is 0.603. The third-order valence-electron chi connectivity index (χ3n) is 3.42. The molecule has 20 heavy (non-hydrogen) atoms. The second-order valence-electron chi connectivity index (χ2n) is 5.09. The van der Waals surface area contributed by atoms with Crippen LogP contribution in [0.2, 0.25) is 0 Å². The number of hydrogen-bond donors (Lipinski definition) is 1. The Morgan fingerprint density at radius 2 is 1.90 bits per heavy atom. The van der Waals surface area contributed by atoms with Gasteiger partial charge in [0.15, 0.2) is 0 Å². The molecule has 0 amide bonds. The summed E-state index contributed by atoms with van der Waals surface area (Å²) in [5.74, 6) is 0.646. The molecule has 110 valence electrons. The first-order valence-electron chi connectivity index (χ1n) is 7.59. The van der Waals surface area contributed by atoms with Gasteiger partial charge in [-0.1, -0.05) is 45.1 Å². The van der Waals surface area contributed by atoms with Crippen LogP contribution in [0, 0.1) is 11.3 Å². The molecule has 0 aromatic heterocycles. The number of ether oxygens (including phenoxy) is 1. The van der Waals surface area contributed by atoms with Gasteiger partial charge in [-0.25, -0.2) is 0 Å². The molecule has 3 heteroatoms. The van der Waals surface area contributed by atoms with E-state index >= 15 is 0 Å². The van der Waals surface area contributed by atoms with Crippen LogP contribution in [-0.4, -0.2) is 13.7 Å². The van der Waals surface area contributed by atoms with Gasteiger partial charge in [0, 0.05) is 6.54 Å². The normalized spacial score (nSPS) is 10.2. The van der Waals surface area contributed by atoms with Gasteiger partial charge in [0.05, 0.1) is 12.7 Å². The molecular weight excluding hydrogens is 248 g/mol. The van der Waals surface area contributed by atoms with Crippen LogP contribution in [0.5, 0.6) is 5.75 Å². The summed E-state index contributed by atoms with van der Waals surface area (Å²) in [6, 6.07) is 7.93. The largest absolute Gasteiger partial charge is 0.495 e. The molecule has 0 atom stereocenters. The summed E-state index contributed by atoms with van der Waals surface area (Å²) in [7, 11) is 1.59. The molecule has 0 heterocycles. The number of hydrogen-bond acceptors (Lipinski definition) is 3. The van der Waals surface area contributed by atoms with Crippen molar-refractivity contribution < 1.29 is 4.74 Å². The maximum atomic E-state index is 9.04. The highest BCUT2D eigenvalue weighted by atomic mass is 16.5. The van der Waals surface area contributed by atoms with Gasteiger partial charge in [-0.3, -0.25) is 0 Å². The molecule has 0 fully saturated rings. The van der Waals surface area contributed by atoms with Gasteiger partial charge in [-0.15, -0.1) is 0 Å². The third kappa shape index (κ3) is 6.08. The van der Waals surface area contributed by atoms with Gasteiger partial charge in [-0.2, -0.15) is 5.26 Å². The molecule has 0 spiro atoms. The Morgan fingerprint density at radius 1 is 1.15 bits per heavy atom. The van der Waals surface area contributed by atoms with Gasteiger partial charge in [0.25, 0.3) is 0 Å². The van der Waals surface area contributed by atoms with E-state index in [4.69, 9.17) is 10.00 Å². The minimum Gasteiger partial charge on any atom is -0.495 e. The predicted octanol–water partition coefficient (Wildman–Crippen LogP) is 4.02. The summed E-state index contributed by atoms with van der Waals surface area (Å²) >= 11 is 0. The minimum atomic E-state index is 0.603. The molecule has 0 aliphatic rings. The number of benzene rings is 1. The van der Waals surface area contributed by atoms with E-state index in [0.717, 1.165) is 18.7 Å². The number of nitrogens with zero attached hydrogens (tertiary/aromatic N) is 1. The fraction of sp³-hybridized carbons (Fsp3) is 0.588. The summed E-state index contributed by atoms with van der Waals surface area (Å²) in [5.41, 5.74) is 1.74. The lowest BCUT2D eigenvalue weighted by Crippen LogP contribution is -2.14. The summed E-state index contributed by atoms with van der Waals surface area (Å²) in [6.45, 7) is 4.10. The van der Waals surface area contributed by atoms with Crippen LogP contribution >= 0.6 is 0 Å². The van der Waals surface area contributed by atoms with Crippen LogP contribution in [0.3, 0.4) is 0 Å². The molecule has 3 nitrogen and oxygen atoms in total. The van der Waals surface area contributed by atoms with E-state index in [2.05, 4.69) is 18.3 Å². The summed E-state index contributed by atoms with van der Waals surface area (Å²) in [4.78, 5) is 0. The molecule has 0 saturated heterocycles. The van der Waals surface area contributed by atoms with Crippen molar-refractivity contribution in [1.82, 2.24) is 5.32 Å². The summed E-state index contributed by atoms with van der Waals surface area (Å²) < 4.78 is 5.14. The first kappa shape index (κ1) is 16.5. The molecule has 0 bridgehead atoms. The maximum Gasteiger partial charge on any atom is 0.136 e. The van der Waals surface area contributed by atoms with E-state index in [1.165, 1.54) is 38.5 Å². The highest BCUT2D eigenvalue weighted by Gasteiger charge is 2.03. The highest BCUT2D eigenvalue weighted by Crippen LogP contribution is 2.18. The van der Waals surface area contributed by atoms with E-state index in [-0.39, 0.29) is 0 Å². The first-order chi connectivity index (χ1) is 9.81. The quantitative estimate of drug-likeness (QED) is 0.655. The monoisotopic (exact) mass is 274 g/mol. The Hall–Kier alpha value is -1.53. The van der Waals surface area contributed by atoms with E-state index in [1.807, 2.05) is 18.2 Å². The van der Waals surface area contributed by atoms with Crippen molar-refractivity contribution in [2.45, 2.75) is 52.0 Å². The summed E-state index contributed by atoms with van der Waals surface area (Å²) in [5, 5.41) is 12.5. The Labute approximate surface area is 123 Å². The fourth-order valence-electron chi connectivity index (χ4n) is 2.22. The van der Waals surface area contributed by atoms with Crippen molar-refractivity contribution in [3.63, 3.8) is 0 Å². The van der Waals surface area contributed by atoms with Gasteiger partial charge >= 0.3 is 0 Å². The number of unbranched alkanes of at least 4 members (excludes halogenated alkanes) is 5. The lowest BCUT2D eigenvalue weighted by Gasteiger charge is -2.07. The second kappa shape index (κ2) is 10.3. The van der Waals surface area contributed by atoms with E-state index in [0.29, 0.717) is 11.3 Å². The van der Waals surface area contributed by atoms with Crippen LogP contribution in [0.1, 0.15) is 56.6 Å². The number of nitrogens with one attached hydrogen (secondary N) is 1. The number of rotatable bonds is 10. The van der Waals surface area contributed by atoms with E-state index < -0.39 is 0 Å². The van der Waals surface area contributed by atoms with Crippen molar-refractivity contribution in [3.05, 3.63) is 29.3 Å². The van der Waals surface area contributed by atoms with Crippen molar-refractivity contribution in [2.24, 2.45) is 0 Å². The molecule has 1 rings (SSSR count). The predicted molar refractivity (Wildman–Crippen MR) is 82.8 cm³/mol. The lowest BCUT2D eigenvalue weighted by molar-refractivity contribution is 0.413. The second-order valence-corrected chi connectivity index (χ2v) is 5.09. The summed E-state index contributed by atoms with van der Waals surface area (Å²) in [6.07, 6.45) is 7.90. The zero-order chi connectivity index (χ0) is 14.6. The SMILES string of the molecule is CCCCCCCCNCc1ccc(OC)c(C#N)c1. The van der Waals surface area contributed by atoms with Crippen LogP contribution in [0.15, 0.2) is 18.2 Å². The molecule has 0 aliphatic heterocycles. The molecule has 1 aromatic rings. The number of nitriles is 1. The van der Waals surface area contributed by atoms with Crippen LogP contribution in [0.4, 0.5) is 0 Å². The average Bonchev–Trinajstić information content (AvgIpc) is 2.49. The van der Waals surface area contributed by atoms with E-state index in [9.17, 15) is 0 Å². The van der Waals surface area contributed by atoms with Crippen LogP contribution in [-0.2, 0) is 6.54 Å². The first-order valence-corrected chi connectivity index (χ1v) is 7.59. The average molecular weight is 274 g/mol. The molecular formula is C17H26N2O. The molecule has 1 aromatic carbocycles. The van der Waals surface area contributed by atoms with Crippen molar-refractivity contribution in [2.75, 3.05) is 13.7 Å². The van der Waals surface area contributed by atoms with Gasteiger partial charge in [-0.05, 0) is 30.7 Å². The molecule has 0 saturated carbocycles. The molecule has 0 unspecified atom stereocenters. The number of methoxy groups -OCH3 is 1. The Morgan fingerprint density at radius 3 is 2.60 bits per heavy atom. The smallest absolute Gasteiger partial charge is 0.136 e. The van der Waals surface area contributed by atoms with Gasteiger partial charge < -0.3 is 10.1 Å². The van der Waals surface area contributed by atoms with Crippen LogP contribution < -0.4 is 10.1 Å². The Balaban J connectivity index is 2.21. The molecule has 1 N–H and O–H groups in total. The molecule has 0 radical (unpaired) electrons. The standard InChI is InChI=1S/C17H26N2O/c1-3-4-5-6-7-8-11-19-14-15-9-10-17(20-2)16(12-15)13-18/h9-10,12,19H,3-8,11,14H2,1-2H3. The maximum absolute atomic E-state index is 9.04. The van der Waals surface area contributed by atoms with Crippen molar-refractivity contribution >= 4 is 0 Å². The fourth-order valence-corrected chi connectivity index (χ4v) is 2.22. The highest BCUT2D eigenvalue weighted by molar-refractivity contribution is 5.45. The van der Waals surface area contributed by atoms with Gasteiger partial charge in [0.1, 0.15) is 11.8 Å². The van der Waals surface area contributed by atoms with Gasteiger partial charge in [0.2, 0.25) is 0 Å². The lowest BCUT2D eigenvalue weighted by atomic mass is 10.1.